The van der Waals surface area contributed by atoms with Gasteiger partial charge in [0, 0.05) is 4.90 Å². The molecular weight excluding hydrogens is 200 g/mol. The summed E-state index contributed by atoms with van der Waals surface area (Å²) in [5.41, 5.74) is 0.723. The fourth-order valence-electron chi connectivity index (χ4n) is 1.28. The number of thiol groups is 1. The fraction of sp³-hybridized carbons (Fsp3) is 0.100. The number of hydrogen-bond donors (Lipinski definition) is 2. The third kappa shape index (κ3) is 1.37. The maximum Gasteiger partial charge on any atom is 0.339 e. The van der Waals surface area contributed by atoms with E-state index in [1.165, 1.54) is 0 Å². The quantitative estimate of drug-likeness (QED) is 0.515. The molecule has 0 fully saturated rings. The van der Waals surface area contributed by atoms with Crippen molar-refractivity contribution >= 4 is 23.6 Å². The number of rotatable bonds is 0. The van der Waals surface area contributed by atoms with Crippen LogP contribution in [0.1, 0.15) is 5.56 Å². The molecule has 0 radical (unpaired) electrons. The second kappa shape index (κ2) is 3.06. The molecule has 1 aromatic carbocycles. The first-order valence-corrected chi connectivity index (χ1v) is 4.49. The van der Waals surface area contributed by atoms with Gasteiger partial charge >= 0.3 is 5.63 Å². The van der Waals surface area contributed by atoms with Gasteiger partial charge in [0.15, 0.2) is 0 Å². The second-order valence-electron chi connectivity index (χ2n) is 3.09. The molecule has 0 aliphatic heterocycles. The van der Waals surface area contributed by atoms with E-state index >= 15 is 0 Å². The van der Waals surface area contributed by atoms with Gasteiger partial charge in [0.25, 0.3) is 0 Å². The Morgan fingerprint density at radius 1 is 1.36 bits per heavy atom. The van der Waals surface area contributed by atoms with Gasteiger partial charge in [-0.25, -0.2) is 4.79 Å². The van der Waals surface area contributed by atoms with Crippen LogP contribution in [0.4, 0.5) is 0 Å². The molecule has 0 aliphatic carbocycles. The number of aryl methyl sites for hydroxylation is 1. The lowest BCUT2D eigenvalue weighted by Crippen LogP contribution is -1.95. The Morgan fingerprint density at radius 2 is 2.07 bits per heavy atom. The Labute approximate surface area is 85.4 Å². The topological polar surface area (TPSA) is 50.4 Å². The molecule has 0 unspecified atom stereocenters. The van der Waals surface area contributed by atoms with Crippen molar-refractivity contribution in [2.24, 2.45) is 0 Å². The van der Waals surface area contributed by atoms with Gasteiger partial charge in [-0.3, -0.25) is 0 Å². The van der Waals surface area contributed by atoms with Crippen LogP contribution < -0.4 is 5.63 Å². The highest BCUT2D eigenvalue weighted by atomic mass is 32.1. The van der Waals surface area contributed by atoms with Gasteiger partial charge in [-0.05, 0) is 24.6 Å². The largest absolute Gasteiger partial charge is 0.507 e. The van der Waals surface area contributed by atoms with E-state index in [9.17, 15) is 9.90 Å². The summed E-state index contributed by atoms with van der Waals surface area (Å²) < 4.78 is 4.93. The van der Waals surface area contributed by atoms with E-state index < -0.39 is 5.63 Å². The van der Waals surface area contributed by atoms with Crippen molar-refractivity contribution in [1.29, 1.82) is 0 Å². The minimum atomic E-state index is -0.554. The molecule has 0 spiro atoms. The second-order valence-corrected chi connectivity index (χ2v) is 3.57. The average Bonchev–Trinajstić information content (AvgIpc) is 2.08. The first kappa shape index (κ1) is 9.15. The maximum atomic E-state index is 11.0. The fourth-order valence-corrected chi connectivity index (χ4v) is 1.48. The molecule has 1 N–H and O–H groups in total. The lowest BCUT2D eigenvalue weighted by molar-refractivity contribution is 0.468. The van der Waals surface area contributed by atoms with Crippen molar-refractivity contribution < 1.29 is 9.52 Å². The monoisotopic (exact) mass is 208 g/mol. The van der Waals surface area contributed by atoms with Crippen molar-refractivity contribution in [3.05, 3.63) is 34.2 Å². The van der Waals surface area contributed by atoms with Crippen LogP contribution in [-0.2, 0) is 0 Å². The van der Waals surface area contributed by atoms with Crippen molar-refractivity contribution in [3.8, 4) is 5.75 Å². The van der Waals surface area contributed by atoms with E-state index in [2.05, 4.69) is 12.6 Å². The molecule has 72 valence electrons. The van der Waals surface area contributed by atoms with Crippen LogP contribution in [-0.4, -0.2) is 5.11 Å². The Hall–Kier alpha value is -1.42. The van der Waals surface area contributed by atoms with Gasteiger partial charge in [-0.15, -0.1) is 12.6 Å². The Morgan fingerprint density at radius 3 is 2.79 bits per heavy atom. The highest BCUT2D eigenvalue weighted by Gasteiger charge is 2.06. The number of benzene rings is 1. The highest BCUT2D eigenvalue weighted by Crippen LogP contribution is 2.27. The minimum Gasteiger partial charge on any atom is -0.507 e. The molecule has 1 aromatic heterocycles. The maximum absolute atomic E-state index is 11.0. The summed E-state index contributed by atoms with van der Waals surface area (Å²) in [6.07, 6.45) is 0. The Balaban J connectivity index is 2.96. The van der Waals surface area contributed by atoms with Crippen molar-refractivity contribution in [2.75, 3.05) is 0 Å². The van der Waals surface area contributed by atoms with Crippen LogP contribution >= 0.6 is 12.6 Å². The summed E-state index contributed by atoms with van der Waals surface area (Å²) in [5.74, 6) is -0.0773. The van der Waals surface area contributed by atoms with Gasteiger partial charge in [0.1, 0.15) is 11.3 Å². The zero-order valence-corrected chi connectivity index (χ0v) is 8.34. The first-order chi connectivity index (χ1) is 6.58. The van der Waals surface area contributed by atoms with Gasteiger partial charge < -0.3 is 9.52 Å². The predicted octanol–water partition coefficient (Wildman–Crippen LogP) is 2.10. The van der Waals surface area contributed by atoms with E-state index in [1.54, 1.807) is 12.1 Å². The van der Waals surface area contributed by atoms with E-state index in [0.717, 1.165) is 16.5 Å². The minimum absolute atomic E-state index is 0.0773. The van der Waals surface area contributed by atoms with Crippen LogP contribution in [0, 0.1) is 6.92 Å². The molecule has 3 nitrogen and oxygen atoms in total. The van der Waals surface area contributed by atoms with Gasteiger partial charge in [-0.2, -0.15) is 0 Å². The summed E-state index contributed by atoms with van der Waals surface area (Å²) in [6, 6.07) is 4.40. The SMILES string of the molecule is Cc1cc2oc(=O)cc(O)c2cc1S. The molecule has 0 aliphatic rings. The Kier molecular flexibility index (Phi) is 2.00. The smallest absolute Gasteiger partial charge is 0.339 e. The summed E-state index contributed by atoms with van der Waals surface area (Å²) in [6.45, 7) is 1.85. The zero-order chi connectivity index (χ0) is 10.3. The van der Waals surface area contributed by atoms with Crippen molar-refractivity contribution in [1.82, 2.24) is 0 Å². The molecule has 0 saturated heterocycles. The highest BCUT2D eigenvalue weighted by molar-refractivity contribution is 7.80. The summed E-state index contributed by atoms with van der Waals surface area (Å²) in [4.78, 5) is 11.7. The molecule has 2 aromatic rings. The normalized spacial score (nSPS) is 10.7. The molecule has 2 rings (SSSR count). The molecule has 0 atom stereocenters. The van der Waals surface area contributed by atoms with E-state index in [4.69, 9.17) is 4.42 Å². The number of fused-ring (bicyclic) bond motifs is 1. The first-order valence-electron chi connectivity index (χ1n) is 4.04. The third-order valence-corrected chi connectivity index (χ3v) is 2.52. The van der Waals surface area contributed by atoms with Crippen LogP contribution in [0.15, 0.2) is 32.3 Å². The number of aromatic hydroxyl groups is 1. The summed E-state index contributed by atoms with van der Waals surface area (Å²) in [7, 11) is 0. The van der Waals surface area contributed by atoms with Crippen LogP contribution in [0.2, 0.25) is 0 Å². The summed E-state index contributed by atoms with van der Waals surface area (Å²) in [5, 5.41) is 9.97. The van der Waals surface area contributed by atoms with E-state index in [-0.39, 0.29) is 5.75 Å². The summed E-state index contributed by atoms with van der Waals surface area (Å²) >= 11 is 4.22. The van der Waals surface area contributed by atoms with Crippen molar-refractivity contribution in [2.45, 2.75) is 11.8 Å². The van der Waals surface area contributed by atoms with E-state index in [0.29, 0.717) is 11.0 Å². The van der Waals surface area contributed by atoms with Crippen LogP contribution in [0.25, 0.3) is 11.0 Å². The standard InChI is InChI=1S/C10H8O3S/c1-5-2-8-6(3-9(5)14)7(11)4-10(12)13-8/h2-4,11,14H,1H3. The molecular formula is C10H8O3S. The average molecular weight is 208 g/mol. The van der Waals surface area contributed by atoms with Gasteiger partial charge in [0.2, 0.25) is 0 Å². The van der Waals surface area contributed by atoms with Gasteiger partial charge in [0.05, 0.1) is 11.5 Å². The van der Waals surface area contributed by atoms with Crippen LogP contribution in [0.3, 0.4) is 0 Å². The third-order valence-electron chi connectivity index (χ3n) is 2.04. The lowest BCUT2D eigenvalue weighted by Gasteiger charge is -2.02. The Bertz CT molecular complexity index is 557. The molecule has 0 saturated carbocycles. The van der Waals surface area contributed by atoms with E-state index in [1.807, 2.05) is 6.92 Å². The van der Waals surface area contributed by atoms with Crippen molar-refractivity contribution in [3.63, 3.8) is 0 Å². The van der Waals surface area contributed by atoms with Gasteiger partial charge in [-0.1, -0.05) is 0 Å². The zero-order valence-electron chi connectivity index (χ0n) is 7.44. The molecule has 1 heterocycles. The number of hydrogen-bond acceptors (Lipinski definition) is 4. The lowest BCUT2D eigenvalue weighted by atomic mass is 10.1. The van der Waals surface area contributed by atoms with Crippen LogP contribution in [0.5, 0.6) is 5.75 Å². The molecule has 14 heavy (non-hydrogen) atoms. The predicted molar refractivity (Wildman–Crippen MR) is 56.1 cm³/mol. The molecule has 4 heteroatoms. The molecule has 0 amide bonds. The molecule has 0 bridgehead atoms.